The zero-order valence-corrected chi connectivity index (χ0v) is 22.0. The van der Waals surface area contributed by atoms with Crippen LogP contribution in [0.2, 0.25) is 5.02 Å². The monoisotopic (exact) mass is 520 g/mol. The summed E-state index contributed by atoms with van der Waals surface area (Å²) < 4.78 is 7.53. The Morgan fingerprint density at radius 2 is 1.89 bits per heavy atom. The van der Waals surface area contributed by atoms with E-state index >= 15 is 0 Å². The number of aromatic nitrogens is 4. The lowest BCUT2D eigenvalue weighted by Crippen LogP contribution is -2.29. The molecule has 0 aliphatic heterocycles. The Bertz CT molecular complexity index is 1420. The average molecular weight is 521 g/mol. The van der Waals surface area contributed by atoms with Crippen molar-refractivity contribution in [3.05, 3.63) is 66.6 Å². The van der Waals surface area contributed by atoms with E-state index in [1.165, 1.54) is 6.08 Å². The maximum atomic E-state index is 12.2. The minimum atomic E-state index is -0.317. The van der Waals surface area contributed by atoms with E-state index in [4.69, 9.17) is 16.3 Å². The van der Waals surface area contributed by atoms with Gasteiger partial charge in [-0.2, -0.15) is 4.98 Å². The van der Waals surface area contributed by atoms with Crippen molar-refractivity contribution >= 4 is 51.7 Å². The smallest absolute Gasteiger partial charge is 0.247 e. The first-order valence-electron chi connectivity index (χ1n) is 11.5. The maximum absolute atomic E-state index is 12.2. The molecule has 2 aromatic heterocycles. The Labute approximate surface area is 220 Å². The summed E-state index contributed by atoms with van der Waals surface area (Å²) in [4.78, 5) is 29.9. The van der Waals surface area contributed by atoms with Gasteiger partial charge in [-0.05, 0) is 50.5 Å². The van der Waals surface area contributed by atoms with Crippen LogP contribution in [0.5, 0.6) is 5.75 Å². The van der Waals surface area contributed by atoms with Crippen molar-refractivity contribution in [3.63, 3.8) is 0 Å². The third kappa shape index (κ3) is 5.99. The standard InChI is InChI=1S/C26H29ClN8O2/c1-6-24(36)30-19-13-20(23(37-5)14-22(19)34(4)12-11-33(2)3)31-26-28-15-21-25(32-26)35(16-29-21)18-9-7-17(27)8-10-18/h6-10,13-16H,1,11-12H2,2-5H3,(H,30,36)(H,28,31,32). The normalized spacial score (nSPS) is 11.0. The number of halogens is 1. The van der Waals surface area contributed by atoms with Gasteiger partial charge in [-0.25, -0.2) is 9.97 Å². The molecule has 0 atom stereocenters. The first-order valence-corrected chi connectivity index (χ1v) is 11.9. The van der Waals surface area contributed by atoms with E-state index in [1.807, 2.05) is 56.0 Å². The Balaban J connectivity index is 1.71. The van der Waals surface area contributed by atoms with Gasteiger partial charge in [0.25, 0.3) is 0 Å². The van der Waals surface area contributed by atoms with Gasteiger partial charge in [-0.3, -0.25) is 9.36 Å². The number of methoxy groups -OCH3 is 1. The van der Waals surface area contributed by atoms with Crippen molar-refractivity contribution in [1.29, 1.82) is 0 Å². The van der Waals surface area contributed by atoms with Gasteiger partial charge in [0.2, 0.25) is 11.9 Å². The number of benzene rings is 2. The molecule has 37 heavy (non-hydrogen) atoms. The number of carbonyl (C=O) groups is 1. The molecule has 0 aliphatic rings. The highest BCUT2D eigenvalue weighted by atomic mass is 35.5. The molecular formula is C26H29ClN8O2. The summed E-state index contributed by atoms with van der Waals surface area (Å²) in [7, 11) is 7.57. The van der Waals surface area contributed by atoms with Crippen LogP contribution in [-0.4, -0.2) is 71.7 Å². The molecule has 11 heteroatoms. The van der Waals surface area contributed by atoms with Gasteiger partial charge < -0.3 is 25.2 Å². The summed E-state index contributed by atoms with van der Waals surface area (Å²) >= 11 is 6.04. The van der Waals surface area contributed by atoms with E-state index in [9.17, 15) is 4.79 Å². The lowest BCUT2D eigenvalue weighted by Gasteiger charge is -2.25. The van der Waals surface area contributed by atoms with Crippen LogP contribution in [0.3, 0.4) is 0 Å². The second-order valence-corrected chi connectivity index (χ2v) is 9.04. The first-order chi connectivity index (χ1) is 17.8. The molecule has 0 aliphatic carbocycles. The van der Waals surface area contributed by atoms with E-state index in [2.05, 4.69) is 42.0 Å². The van der Waals surface area contributed by atoms with E-state index in [0.29, 0.717) is 39.3 Å². The largest absolute Gasteiger partial charge is 0.494 e. The van der Waals surface area contributed by atoms with Crippen molar-refractivity contribution < 1.29 is 9.53 Å². The van der Waals surface area contributed by atoms with Crippen molar-refractivity contribution in [1.82, 2.24) is 24.4 Å². The molecule has 4 rings (SSSR count). The number of amides is 1. The van der Waals surface area contributed by atoms with Crippen LogP contribution < -0.4 is 20.3 Å². The number of nitrogens with one attached hydrogen (secondary N) is 2. The Morgan fingerprint density at radius 1 is 1.14 bits per heavy atom. The third-order valence-corrected chi connectivity index (χ3v) is 5.95. The van der Waals surface area contributed by atoms with Gasteiger partial charge in [0.05, 0.1) is 30.4 Å². The second kappa shape index (κ2) is 11.3. The van der Waals surface area contributed by atoms with E-state index < -0.39 is 0 Å². The fraction of sp³-hybridized carbons (Fsp3) is 0.231. The second-order valence-electron chi connectivity index (χ2n) is 8.61. The van der Waals surface area contributed by atoms with Crippen LogP contribution in [0.25, 0.3) is 16.9 Å². The number of rotatable bonds is 10. The van der Waals surface area contributed by atoms with E-state index in [1.54, 1.807) is 25.7 Å². The number of fused-ring (bicyclic) bond motifs is 1. The van der Waals surface area contributed by atoms with Gasteiger partial charge in [-0.1, -0.05) is 18.2 Å². The van der Waals surface area contributed by atoms with Crippen molar-refractivity contribution in [2.45, 2.75) is 0 Å². The molecule has 0 fully saturated rings. The summed E-state index contributed by atoms with van der Waals surface area (Å²) in [5.41, 5.74) is 4.12. The minimum absolute atomic E-state index is 0.317. The molecular weight excluding hydrogens is 492 g/mol. The summed E-state index contributed by atoms with van der Waals surface area (Å²) in [5, 5.41) is 6.77. The third-order valence-electron chi connectivity index (χ3n) is 5.70. The quantitative estimate of drug-likeness (QED) is 0.298. The molecule has 2 N–H and O–H groups in total. The van der Waals surface area contributed by atoms with Gasteiger partial charge in [0, 0.05) is 36.9 Å². The van der Waals surface area contributed by atoms with E-state index in [-0.39, 0.29) is 5.91 Å². The fourth-order valence-electron chi connectivity index (χ4n) is 3.69. The minimum Gasteiger partial charge on any atom is -0.494 e. The SMILES string of the molecule is C=CC(=O)Nc1cc(Nc2ncc3ncn(-c4ccc(Cl)cc4)c3n2)c(OC)cc1N(C)CCN(C)C. The number of anilines is 4. The summed E-state index contributed by atoms with van der Waals surface area (Å²) in [6, 6.07) is 11.1. The van der Waals surface area contributed by atoms with Crippen molar-refractivity contribution in [2.24, 2.45) is 0 Å². The Hall–Kier alpha value is -4.15. The molecule has 0 saturated carbocycles. The summed E-state index contributed by atoms with van der Waals surface area (Å²) in [6.45, 7) is 5.15. The van der Waals surface area contributed by atoms with Gasteiger partial charge in [0.1, 0.15) is 17.6 Å². The maximum Gasteiger partial charge on any atom is 0.247 e. The van der Waals surface area contributed by atoms with Gasteiger partial charge >= 0.3 is 0 Å². The molecule has 0 radical (unpaired) electrons. The Kier molecular flexibility index (Phi) is 7.90. The predicted octanol–water partition coefficient (Wildman–Crippen LogP) is 4.34. The number of carbonyl (C=O) groups excluding carboxylic acids is 1. The number of likely N-dealkylation sites (N-methyl/N-ethyl adjacent to an activating group) is 2. The number of hydrogen-bond donors (Lipinski definition) is 2. The molecule has 2 aromatic carbocycles. The first kappa shape index (κ1) is 25.9. The van der Waals surface area contributed by atoms with Crippen LogP contribution in [0.15, 0.2) is 61.6 Å². The number of imidazole rings is 1. The number of hydrogen-bond acceptors (Lipinski definition) is 8. The molecule has 0 bridgehead atoms. The summed E-state index contributed by atoms with van der Waals surface area (Å²) in [5.74, 6) is 0.595. The van der Waals surface area contributed by atoms with Gasteiger partial charge in [0.15, 0.2) is 5.65 Å². The van der Waals surface area contributed by atoms with Crippen LogP contribution in [-0.2, 0) is 4.79 Å². The average Bonchev–Trinajstić information content (AvgIpc) is 3.31. The highest BCUT2D eigenvalue weighted by Gasteiger charge is 2.17. The molecule has 4 aromatic rings. The van der Waals surface area contributed by atoms with Crippen LogP contribution in [0.4, 0.5) is 23.0 Å². The molecule has 10 nitrogen and oxygen atoms in total. The number of ether oxygens (including phenoxy) is 1. The molecule has 0 unspecified atom stereocenters. The zero-order valence-electron chi connectivity index (χ0n) is 21.2. The number of nitrogens with zero attached hydrogens (tertiary/aromatic N) is 6. The molecule has 2 heterocycles. The molecule has 1 amide bonds. The lowest BCUT2D eigenvalue weighted by atomic mass is 10.2. The van der Waals surface area contributed by atoms with Crippen LogP contribution in [0.1, 0.15) is 0 Å². The van der Waals surface area contributed by atoms with Crippen LogP contribution >= 0.6 is 11.6 Å². The molecule has 0 saturated heterocycles. The topological polar surface area (TPSA) is 100 Å². The molecule has 192 valence electrons. The van der Waals surface area contributed by atoms with Crippen LogP contribution in [0, 0.1) is 0 Å². The highest BCUT2D eigenvalue weighted by molar-refractivity contribution is 6.30. The van der Waals surface area contributed by atoms with Crippen molar-refractivity contribution in [3.8, 4) is 11.4 Å². The highest BCUT2D eigenvalue weighted by Crippen LogP contribution is 2.38. The fourth-order valence-corrected chi connectivity index (χ4v) is 3.81. The predicted molar refractivity (Wildman–Crippen MR) is 149 cm³/mol. The lowest BCUT2D eigenvalue weighted by molar-refractivity contribution is -0.111. The molecule has 0 spiro atoms. The van der Waals surface area contributed by atoms with E-state index in [0.717, 1.165) is 24.5 Å². The van der Waals surface area contributed by atoms with Crippen molar-refractivity contribution in [2.75, 3.05) is 56.9 Å². The van der Waals surface area contributed by atoms with Gasteiger partial charge in [-0.15, -0.1) is 0 Å². The zero-order chi connectivity index (χ0) is 26.5. The summed E-state index contributed by atoms with van der Waals surface area (Å²) in [6.07, 6.45) is 4.57. The Morgan fingerprint density at radius 3 is 2.57 bits per heavy atom.